The van der Waals surface area contributed by atoms with Gasteiger partial charge in [0.15, 0.2) is 0 Å². The van der Waals surface area contributed by atoms with Crippen LogP contribution in [0, 0.1) is 5.92 Å². The van der Waals surface area contributed by atoms with Gasteiger partial charge in [0.05, 0.1) is 10.4 Å². The van der Waals surface area contributed by atoms with Gasteiger partial charge in [-0.3, -0.25) is 9.78 Å². The van der Waals surface area contributed by atoms with Crippen LogP contribution in [0.4, 0.5) is 0 Å². The molecule has 1 aromatic rings. The lowest BCUT2D eigenvalue weighted by Crippen LogP contribution is -2.20. The molecular weight excluding hydrogens is 260 g/mol. The third-order valence-corrected chi connectivity index (χ3v) is 4.11. The van der Waals surface area contributed by atoms with Gasteiger partial charge in [-0.25, -0.2) is 0 Å². The number of carbonyl (C=O) groups is 1. The third-order valence-electron chi connectivity index (χ3n) is 3.36. The van der Waals surface area contributed by atoms with Crippen LogP contribution in [0.25, 0.3) is 0 Å². The average Bonchev–Trinajstić information content (AvgIpc) is 2.93. The van der Waals surface area contributed by atoms with Gasteiger partial charge in [-0.1, -0.05) is 20.3 Å². The highest BCUT2D eigenvalue weighted by Crippen LogP contribution is 2.18. The number of rotatable bonds is 9. The molecule has 0 aliphatic carbocycles. The minimum Gasteiger partial charge on any atom is -0.460 e. The SMILES string of the molecule is CC[C@H](N)CC[C@H](CC)CC(=O)OCc1cncs1. The summed E-state index contributed by atoms with van der Waals surface area (Å²) in [6, 6.07) is 0.252. The minimum atomic E-state index is -0.120. The molecule has 0 unspecified atom stereocenters. The smallest absolute Gasteiger partial charge is 0.306 e. The van der Waals surface area contributed by atoms with Gasteiger partial charge >= 0.3 is 5.97 Å². The van der Waals surface area contributed by atoms with Crippen molar-refractivity contribution in [2.45, 2.75) is 58.6 Å². The number of ether oxygens (including phenoxy) is 1. The topological polar surface area (TPSA) is 65.2 Å². The van der Waals surface area contributed by atoms with Crippen molar-refractivity contribution >= 4 is 17.3 Å². The van der Waals surface area contributed by atoms with Crippen LogP contribution in [0.3, 0.4) is 0 Å². The molecule has 2 atom stereocenters. The molecule has 0 bridgehead atoms. The Kier molecular flexibility index (Phi) is 7.67. The molecule has 108 valence electrons. The third kappa shape index (κ3) is 6.68. The van der Waals surface area contributed by atoms with Gasteiger partial charge in [-0.2, -0.15) is 0 Å². The summed E-state index contributed by atoms with van der Waals surface area (Å²) in [5.74, 6) is 0.261. The van der Waals surface area contributed by atoms with Crippen molar-refractivity contribution in [2.24, 2.45) is 11.7 Å². The number of thiazole rings is 1. The number of hydrogen-bond acceptors (Lipinski definition) is 5. The van der Waals surface area contributed by atoms with Crippen LogP contribution in [0.1, 0.15) is 50.8 Å². The van der Waals surface area contributed by atoms with Crippen LogP contribution in [0.5, 0.6) is 0 Å². The first-order valence-electron chi connectivity index (χ1n) is 6.94. The normalized spacial score (nSPS) is 14.1. The fourth-order valence-corrected chi connectivity index (χ4v) is 2.37. The van der Waals surface area contributed by atoms with Gasteiger partial charge in [-0.15, -0.1) is 11.3 Å². The van der Waals surface area contributed by atoms with E-state index in [-0.39, 0.29) is 12.0 Å². The van der Waals surface area contributed by atoms with Gasteiger partial charge in [0.2, 0.25) is 0 Å². The predicted molar refractivity (Wildman–Crippen MR) is 77.8 cm³/mol. The summed E-state index contributed by atoms with van der Waals surface area (Å²) in [4.78, 5) is 16.7. The van der Waals surface area contributed by atoms with Crippen LogP contribution in [0.2, 0.25) is 0 Å². The highest BCUT2D eigenvalue weighted by Gasteiger charge is 2.14. The Morgan fingerprint density at radius 2 is 2.21 bits per heavy atom. The van der Waals surface area contributed by atoms with Gasteiger partial charge in [-0.05, 0) is 25.2 Å². The van der Waals surface area contributed by atoms with Crippen molar-refractivity contribution in [3.05, 3.63) is 16.6 Å². The number of aromatic nitrogens is 1. The fraction of sp³-hybridized carbons (Fsp3) is 0.714. The first kappa shape index (κ1) is 16.1. The largest absolute Gasteiger partial charge is 0.460 e. The molecule has 1 aromatic heterocycles. The molecule has 0 aromatic carbocycles. The van der Waals surface area contributed by atoms with Crippen molar-refractivity contribution < 1.29 is 9.53 Å². The molecule has 1 heterocycles. The molecule has 0 aliphatic rings. The molecule has 4 nitrogen and oxygen atoms in total. The van der Waals surface area contributed by atoms with Gasteiger partial charge in [0.25, 0.3) is 0 Å². The molecule has 0 spiro atoms. The second-order valence-electron chi connectivity index (χ2n) is 4.85. The Bertz CT molecular complexity index is 354. The number of esters is 1. The Morgan fingerprint density at radius 1 is 1.42 bits per heavy atom. The Labute approximate surface area is 119 Å². The van der Waals surface area contributed by atoms with E-state index in [0.29, 0.717) is 18.9 Å². The molecule has 19 heavy (non-hydrogen) atoms. The van der Waals surface area contributed by atoms with Crippen molar-refractivity contribution in [3.8, 4) is 0 Å². The van der Waals surface area contributed by atoms with E-state index >= 15 is 0 Å². The lowest BCUT2D eigenvalue weighted by atomic mass is 9.94. The summed E-state index contributed by atoms with van der Waals surface area (Å²) < 4.78 is 5.25. The Balaban J connectivity index is 2.24. The minimum absolute atomic E-state index is 0.120. The summed E-state index contributed by atoms with van der Waals surface area (Å²) in [5, 5.41) is 0. The van der Waals surface area contributed by atoms with Gasteiger partial charge < -0.3 is 10.5 Å². The monoisotopic (exact) mass is 284 g/mol. The zero-order chi connectivity index (χ0) is 14.1. The summed E-state index contributed by atoms with van der Waals surface area (Å²) in [5.41, 5.74) is 7.65. The van der Waals surface area contributed by atoms with E-state index in [2.05, 4.69) is 18.8 Å². The number of hydrogen-bond donors (Lipinski definition) is 1. The van der Waals surface area contributed by atoms with E-state index in [9.17, 15) is 4.79 Å². The average molecular weight is 284 g/mol. The highest BCUT2D eigenvalue weighted by atomic mass is 32.1. The molecule has 0 aliphatic heterocycles. The van der Waals surface area contributed by atoms with E-state index < -0.39 is 0 Å². The Hall–Kier alpha value is -0.940. The van der Waals surface area contributed by atoms with Crippen molar-refractivity contribution in [2.75, 3.05) is 0 Å². The fourth-order valence-electron chi connectivity index (χ4n) is 1.86. The molecule has 5 heteroatoms. The van der Waals surface area contributed by atoms with Crippen molar-refractivity contribution in [1.29, 1.82) is 0 Å². The molecule has 2 N–H and O–H groups in total. The maximum Gasteiger partial charge on any atom is 0.306 e. The zero-order valence-corrected chi connectivity index (χ0v) is 12.6. The first-order chi connectivity index (χ1) is 9.15. The second-order valence-corrected chi connectivity index (χ2v) is 5.82. The quantitative estimate of drug-likeness (QED) is 0.708. The highest BCUT2D eigenvalue weighted by molar-refractivity contribution is 7.09. The number of nitrogens with two attached hydrogens (primary N) is 1. The lowest BCUT2D eigenvalue weighted by Gasteiger charge is -2.16. The van der Waals surface area contributed by atoms with Crippen LogP contribution in [0.15, 0.2) is 11.7 Å². The second kappa shape index (κ2) is 9.04. The molecule has 0 saturated carbocycles. The van der Waals surface area contributed by atoms with E-state index in [1.54, 1.807) is 11.7 Å². The van der Waals surface area contributed by atoms with Crippen molar-refractivity contribution in [3.63, 3.8) is 0 Å². The molecular formula is C14H24N2O2S. The summed E-state index contributed by atoms with van der Waals surface area (Å²) in [7, 11) is 0. The molecule has 0 fully saturated rings. The van der Waals surface area contributed by atoms with Crippen LogP contribution in [-0.2, 0) is 16.1 Å². The molecule has 1 rings (SSSR count). The van der Waals surface area contributed by atoms with Crippen LogP contribution in [-0.4, -0.2) is 17.0 Å². The zero-order valence-electron chi connectivity index (χ0n) is 11.8. The van der Waals surface area contributed by atoms with Crippen LogP contribution < -0.4 is 5.73 Å². The predicted octanol–water partition coefficient (Wildman–Crippen LogP) is 3.12. The summed E-state index contributed by atoms with van der Waals surface area (Å²) in [6.07, 6.45) is 6.19. The first-order valence-corrected chi connectivity index (χ1v) is 7.82. The molecule has 0 radical (unpaired) electrons. The van der Waals surface area contributed by atoms with Crippen molar-refractivity contribution in [1.82, 2.24) is 4.98 Å². The summed E-state index contributed by atoms with van der Waals surface area (Å²) >= 11 is 1.50. The molecule has 0 saturated heterocycles. The maximum absolute atomic E-state index is 11.8. The van der Waals surface area contributed by atoms with E-state index in [4.69, 9.17) is 10.5 Å². The standard InChI is InChI=1S/C14H24N2O2S/c1-3-11(5-6-12(15)4-2)7-14(17)18-9-13-8-16-10-19-13/h8,10-12H,3-7,9,15H2,1-2H3/t11-,12-/m0/s1. The maximum atomic E-state index is 11.8. The lowest BCUT2D eigenvalue weighted by molar-refractivity contribution is -0.146. The molecule has 0 amide bonds. The van der Waals surface area contributed by atoms with E-state index in [1.165, 1.54) is 11.3 Å². The summed E-state index contributed by atoms with van der Waals surface area (Å²) in [6.45, 7) is 4.54. The van der Waals surface area contributed by atoms with Gasteiger partial charge in [0, 0.05) is 18.7 Å². The Morgan fingerprint density at radius 3 is 2.79 bits per heavy atom. The van der Waals surface area contributed by atoms with Crippen LogP contribution >= 0.6 is 11.3 Å². The number of carbonyl (C=O) groups excluding carboxylic acids is 1. The van der Waals surface area contributed by atoms with E-state index in [1.807, 2.05) is 0 Å². The van der Waals surface area contributed by atoms with E-state index in [0.717, 1.165) is 30.6 Å². The number of nitrogens with zero attached hydrogens (tertiary/aromatic N) is 1. The van der Waals surface area contributed by atoms with Gasteiger partial charge in [0.1, 0.15) is 6.61 Å².